The molecule has 11 heteroatoms. The molecule has 0 aromatic carbocycles. The molecular formula is C11H22N3O4PS3. The summed E-state index contributed by atoms with van der Waals surface area (Å²) >= 11 is 11.4. The normalized spacial score (nSPS) is 19.5. The first-order valence-corrected chi connectivity index (χ1v) is 10.4. The molecule has 1 aliphatic heterocycles. The first kappa shape index (κ1) is 20.1. The molecule has 1 aliphatic rings. The van der Waals surface area contributed by atoms with Crippen LogP contribution in [0.15, 0.2) is 0 Å². The van der Waals surface area contributed by atoms with Gasteiger partial charge in [-0.05, 0) is 18.7 Å². The molecule has 0 saturated carbocycles. The zero-order valence-electron chi connectivity index (χ0n) is 13.3. The van der Waals surface area contributed by atoms with Gasteiger partial charge in [-0.3, -0.25) is 0 Å². The van der Waals surface area contributed by atoms with Crippen LogP contribution in [0.3, 0.4) is 0 Å². The van der Waals surface area contributed by atoms with Gasteiger partial charge in [-0.15, -0.1) is 0 Å². The highest BCUT2D eigenvalue weighted by molar-refractivity contribution is 8.15. The molecule has 22 heavy (non-hydrogen) atoms. The molecule has 0 spiro atoms. The maximum absolute atomic E-state index is 11.8. The second-order valence-electron chi connectivity index (χ2n) is 5.45. The molecule has 0 unspecified atom stereocenters. The number of hydroxylamine groups is 1. The Balaban J connectivity index is 2.62. The summed E-state index contributed by atoms with van der Waals surface area (Å²) in [6.45, 7) is 6.67. The number of carbonyl (C=O) groups excluding carboxylic acids is 1. The summed E-state index contributed by atoms with van der Waals surface area (Å²) in [7, 11) is 1.57. The van der Waals surface area contributed by atoms with Gasteiger partial charge in [0.05, 0.1) is 25.3 Å². The fourth-order valence-electron chi connectivity index (χ4n) is 1.35. The van der Waals surface area contributed by atoms with Crippen molar-refractivity contribution in [3.63, 3.8) is 0 Å². The molecule has 0 aliphatic carbocycles. The van der Waals surface area contributed by atoms with Crippen molar-refractivity contribution in [1.82, 2.24) is 13.9 Å². The van der Waals surface area contributed by atoms with Gasteiger partial charge in [0.2, 0.25) is 0 Å². The number of hydrogen-bond donors (Lipinski definition) is 1. The Kier molecular flexibility index (Phi) is 7.51. The summed E-state index contributed by atoms with van der Waals surface area (Å²) in [5.41, 5.74) is 2.29. The molecule has 128 valence electrons. The van der Waals surface area contributed by atoms with Crippen LogP contribution >= 0.6 is 31.0 Å². The fourth-order valence-corrected chi connectivity index (χ4v) is 5.50. The van der Waals surface area contributed by atoms with E-state index in [2.05, 4.69) is 19.3 Å². The van der Waals surface area contributed by atoms with E-state index in [9.17, 15) is 4.79 Å². The van der Waals surface area contributed by atoms with Crippen molar-refractivity contribution in [2.45, 2.75) is 27.7 Å². The number of rotatable bonds is 4. The molecule has 0 aromatic rings. The topological polar surface area (TPSA) is 63.3 Å². The van der Waals surface area contributed by atoms with Crippen LogP contribution in [0.1, 0.15) is 27.7 Å². The van der Waals surface area contributed by atoms with E-state index in [-0.39, 0.29) is 5.41 Å². The Labute approximate surface area is 146 Å². The molecule has 7 nitrogen and oxygen atoms in total. The van der Waals surface area contributed by atoms with E-state index in [1.54, 1.807) is 18.0 Å². The highest BCUT2D eigenvalue weighted by atomic mass is 32.5. The zero-order chi connectivity index (χ0) is 17.0. The van der Waals surface area contributed by atoms with Crippen molar-refractivity contribution < 1.29 is 18.7 Å². The molecule has 0 aromatic heterocycles. The first-order valence-electron chi connectivity index (χ1n) is 6.66. The van der Waals surface area contributed by atoms with Gasteiger partial charge in [0.15, 0.2) is 0 Å². The number of amides is 1. The molecule has 0 atom stereocenters. The lowest BCUT2D eigenvalue weighted by molar-refractivity contribution is 0.0506. The lowest BCUT2D eigenvalue weighted by Crippen LogP contribution is -2.35. The number of nitrogens with one attached hydrogen (secondary N) is 1. The molecule has 0 radical (unpaired) electrons. The van der Waals surface area contributed by atoms with Gasteiger partial charge in [-0.25, -0.2) is 14.6 Å². The van der Waals surface area contributed by atoms with E-state index in [0.717, 1.165) is 12.1 Å². The molecule has 0 bridgehead atoms. The molecule has 1 saturated heterocycles. The van der Waals surface area contributed by atoms with Crippen LogP contribution in [-0.4, -0.2) is 46.3 Å². The molecule has 1 rings (SSSR count). The predicted octanol–water partition coefficient (Wildman–Crippen LogP) is 3.09. The van der Waals surface area contributed by atoms with E-state index in [4.69, 9.17) is 37.9 Å². The van der Waals surface area contributed by atoms with Crippen LogP contribution in [-0.2, 0) is 25.7 Å². The maximum atomic E-state index is 11.8. The van der Waals surface area contributed by atoms with Crippen molar-refractivity contribution >= 4 is 53.9 Å². The van der Waals surface area contributed by atoms with Crippen LogP contribution < -0.4 is 5.48 Å². The fraction of sp³-hybridized carbons (Fsp3) is 0.818. The average molecular weight is 387 g/mol. The summed E-state index contributed by atoms with van der Waals surface area (Å²) < 4.78 is 14.7. The first-order chi connectivity index (χ1) is 10.1. The van der Waals surface area contributed by atoms with E-state index < -0.39 is 12.7 Å². The van der Waals surface area contributed by atoms with Gasteiger partial charge in [0, 0.05) is 19.0 Å². The van der Waals surface area contributed by atoms with Gasteiger partial charge in [0.25, 0.3) is 6.64 Å². The Bertz CT molecular complexity index is 463. The lowest BCUT2D eigenvalue weighted by Gasteiger charge is -2.40. The molecule has 1 heterocycles. The van der Waals surface area contributed by atoms with Crippen LogP contribution in [0.2, 0.25) is 0 Å². The van der Waals surface area contributed by atoms with Crippen molar-refractivity contribution in [1.29, 1.82) is 0 Å². The average Bonchev–Trinajstić information content (AvgIpc) is 2.45. The quantitative estimate of drug-likeness (QED) is 0.339. The number of thiocarbonyl (C=S) groups is 1. The monoisotopic (exact) mass is 387 g/mol. The minimum Gasteiger partial charge on any atom is -0.323 e. The Hall–Kier alpha value is 0.0400. The predicted molar refractivity (Wildman–Crippen MR) is 95.6 cm³/mol. The SMILES string of the molecule is CCN(SN(C)C(=O)ONC(C)=S)P1(=S)OCC(C)(C)CO1. The van der Waals surface area contributed by atoms with Crippen LogP contribution in [0.25, 0.3) is 0 Å². The van der Waals surface area contributed by atoms with Gasteiger partial charge >= 0.3 is 6.09 Å². The van der Waals surface area contributed by atoms with Gasteiger partial charge < -0.3 is 13.9 Å². The number of hydrogen-bond acceptors (Lipinski definition) is 7. The molecule has 1 N–H and O–H groups in total. The number of nitrogens with zero attached hydrogens (tertiary/aromatic N) is 2. The molecule has 1 amide bonds. The summed E-state index contributed by atoms with van der Waals surface area (Å²) in [6, 6.07) is 0. The minimum atomic E-state index is -2.60. The highest BCUT2D eigenvalue weighted by Gasteiger charge is 2.38. The maximum Gasteiger partial charge on any atom is 0.444 e. The standard InChI is InChI=1S/C11H22N3O4PS3/c1-6-14(19(21)16-7-11(3,4)8-17-19)22-13(5)10(15)18-12-9(2)20/h6-8H2,1-5H3,(H,12,20). The van der Waals surface area contributed by atoms with Crippen molar-refractivity contribution in [2.75, 3.05) is 26.8 Å². The summed E-state index contributed by atoms with van der Waals surface area (Å²) in [4.78, 5) is 17.0. The van der Waals surface area contributed by atoms with Crippen LogP contribution in [0, 0.1) is 5.41 Å². The van der Waals surface area contributed by atoms with E-state index in [1.165, 1.54) is 4.31 Å². The molecular weight excluding hydrogens is 365 g/mol. The third-order valence-electron chi connectivity index (χ3n) is 2.54. The second kappa shape index (κ2) is 8.23. The van der Waals surface area contributed by atoms with E-state index >= 15 is 0 Å². The highest BCUT2D eigenvalue weighted by Crippen LogP contribution is 2.59. The van der Waals surface area contributed by atoms with Gasteiger partial charge in [0.1, 0.15) is 4.99 Å². The van der Waals surface area contributed by atoms with Gasteiger partial charge in [-0.2, -0.15) is 4.08 Å². The summed E-state index contributed by atoms with van der Waals surface area (Å²) in [5.74, 6) is 0. The van der Waals surface area contributed by atoms with Crippen molar-refractivity contribution in [2.24, 2.45) is 5.41 Å². The largest absolute Gasteiger partial charge is 0.444 e. The third-order valence-corrected chi connectivity index (χ3v) is 7.60. The molecule has 1 fully saturated rings. The van der Waals surface area contributed by atoms with Crippen molar-refractivity contribution in [3.05, 3.63) is 0 Å². The Morgan fingerprint density at radius 2 is 2.00 bits per heavy atom. The third kappa shape index (κ3) is 5.92. The summed E-state index contributed by atoms with van der Waals surface area (Å²) in [6.07, 6.45) is -0.591. The zero-order valence-corrected chi connectivity index (χ0v) is 16.7. The summed E-state index contributed by atoms with van der Waals surface area (Å²) in [5, 5.41) is 0. The van der Waals surface area contributed by atoms with Crippen molar-refractivity contribution in [3.8, 4) is 0 Å². The minimum absolute atomic E-state index is 0.0576. The lowest BCUT2D eigenvalue weighted by atomic mass is 9.97. The second-order valence-corrected chi connectivity index (χ2v) is 10.8. The Morgan fingerprint density at radius 3 is 2.45 bits per heavy atom. The van der Waals surface area contributed by atoms with Crippen LogP contribution in [0.5, 0.6) is 0 Å². The van der Waals surface area contributed by atoms with Gasteiger partial charge in [-0.1, -0.05) is 33.0 Å². The Morgan fingerprint density at radius 1 is 1.45 bits per heavy atom. The van der Waals surface area contributed by atoms with E-state index in [1.807, 2.05) is 6.92 Å². The smallest absolute Gasteiger partial charge is 0.323 e. The van der Waals surface area contributed by atoms with Crippen LogP contribution in [0.4, 0.5) is 4.79 Å². The number of carbonyl (C=O) groups is 1. The van der Waals surface area contributed by atoms with E-state index in [0.29, 0.717) is 24.7 Å².